The lowest BCUT2D eigenvalue weighted by Crippen LogP contribution is -2.36. The zero-order valence-corrected chi connectivity index (χ0v) is 12.5. The SMILES string of the molecule is CC(C(=O)NCCc1ccnn1C)C(N)c1ccccc1. The summed E-state index contributed by atoms with van der Waals surface area (Å²) >= 11 is 0. The molecule has 3 N–H and O–H groups in total. The number of nitrogens with two attached hydrogens (primary N) is 1. The van der Waals surface area contributed by atoms with Crippen molar-refractivity contribution >= 4 is 5.91 Å². The van der Waals surface area contributed by atoms with Crippen molar-refractivity contribution in [2.75, 3.05) is 6.54 Å². The first-order valence-corrected chi connectivity index (χ1v) is 7.14. The molecule has 0 radical (unpaired) electrons. The van der Waals surface area contributed by atoms with Crippen molar-refractivity contribution in [2.45, 2.75) is 19.4 Å². The van der Waals surface area contributed by atoms with E-state index in [1.165, 1.54) is 0 Å². The smallest absolute Gasteiger partial charge is 0.224 e. The highest BCUT2D eigenvalue weighted by Gasteiger charge is 2.21. The van der Waals surface area contributed by atoms with Crippen molar-refractivity contribution in [1.82, 2.24) is 15.1 Å². The van der Waals surface area contributed by atoms with Gasteiger partial charge in [-0.15, -0.1) is 0 Å². The van der Waals surface area contributed by atoms with Gasteiger partial charge < -0.3 is 11.1 Å². The summed E-state index contributed by atoms with van der Waals surface area (Å²) in [4.78, 5) is 12.2. The molecular weight excluding hydrogens is 264 g/mol. The van der Waals surface area contributed by atoms with E-state index in [1.807, 2.05) is 55.1 Å². The molecule has 0 saturated carbocycles. The van der Waals surface area contributed by atoms with Gasteiger partial charge in [-0.25, -0.2) is 0 Å². The second-order valence-electron chi connectivity index (χ2n) is 5.21. The molecule has 1 aromatic heterocycles. The highest BCUT2D eigenvalue weighted by molar-refractivity contribution is 5.79. The first-order valence-electron chi connectivity index (χ1n) is 7.14. The zero-order valence-electron chi connectivity index (χ0n) is 12.5. The van der Waals surface area contributed by atoms with E-state index in [-0.39, 0.29) is 17.9 Å². The molecule has 0 aliphatic carbocycles. The van der Waals surface area contributed by atoms with E-state index in [4.69, 9.17) is 5.73 Å². The van der Waals surface area contributed by atoms with Crippen LogP contribution in [0.5, 0.6) is 0 Å². The summed E-state index contributed by atoms with van der Waals surface area (Å²) in [5.41, 5.74) is 8.23. The van der Waals surface area contributed by atoms with Crippen LogP contribution in [-0.4, -0.2) is 22.2 Å². The van der Waals surface area contributed by atoms with Crippen LogP contribution in [-0.2, 0) is 18.3 Å². The molecule has 112 valence electrons. The molecule has 21 heavy (non-hydrogen) atoms. The molecule has 1 amide bonds. The molecule has 2 atom stereocenters. The van der Waals surface area contributed by atoms with Gasteiger partial charge in [0.1, 0.15) is 0 Å². The Morgan fingerprint density at radius 3 is 2.67 bits per heavy atom. The number of carbonyl (C=O) groups is 1. The van der Waals surface area contributed by atoms with Crippen LogP contribution in [0.4, 0.5) is 0 Å². The van der Waals surface area contributed by atoms with Crippen molar-refractivity contribution in [1.29, 1.82) is 0 Å². The Balaban J connectivity index is 1.84. The van der Waals surface area contributed by atoms with Gasteiger partial charge in [0.15, 0.2) is 0 Å². The van der Waals surface area contributed by atoms with E-state index >= 15 is 0 Å². The molecule has 0 aliphatic heterocycles. The van der Waals surface area contributed by atoms with Crippen LogP contribution in [0.25, 0.3) is 0 Å². The fourth-order valence-corrected chi connectivity index (χ4v) is 2.25. The van der Waals surface area contributed by atoms with E-state index in [1.54, 1.807) is 6.20 Å². The quantitative estimate of drug-likeness (QED) is 0.843. The van der Waals surface area contributed by atoms with Gasteiger partial charge in [-0.3, -0.25) is 9.48 Å². The molecule has 0 aliphatic rings. The van der Waals surface area contributed by atoms with Crippen LogP contribution in [0.15, 0.2) is 42.6 Å². The van der Waals surface area contributed by atoms with E-state index in [0.717, 1.165) is 17.7 Å². The fraction of sp³-hybridized carbons (Fsp3) is 0.375. The third kappa shape index (κ3) is 3.92. The van der Waals surface area contributed by atoms with E-state index in [0.29, 0.717) is 6.54 Å². The minimum atomic E-state index is -0.289. The Bertz CT molecular complexity index is 579. The van der Waals surface area contributed by atoms with Gasteiger partial charge in [0, 0.05) is 37.9 Å². The number of aromatic nitrogens is 2. The topological polar surface area (TPSA) is 72.9 Å². The monoisotopic (exact) mass is 286 g/mol. The number of carbonyl (C=O) groups excluding carboxylic acids is 1. The average molecular weight is 286 g/mol. The lowest BCUT2D eigenvalue weighted by atomic mass is 9.94. The van der Waals surface area contributed by atoms with Gasteiger partial charge in [-0.2, -0.15) is 5.10 Å². The van der Waals surface area contributed by atoms with Crippen LogP contribution >= 0.6 is 0 Å². The second kappa shape index (κ2) is 7.04. The predicted octanol–water partition coefficient (Wildman–Crippen LogP) is 1.41. The summed E-state index contributed by atoms with van der Waals surface area (Å²) in [6.45, 7) is 2.45. The zero-order chi connectivity index (χ0) is 15.2. The summed E-state index contributed by atoms with van der Waals surface area (Å²) < 4.78 is 1.81. The van der Waals surface area contributed by atoms with E-state index in [2.05, 4.69) is 10.4 Å². The van der Waals surface area contributed by atoms with Gasteiger partial charge in [0.05, 0.1) is 5.92 Å². The largest absolute Gasteiger partial charge is 0.355 e. The molecule has 2 rings (SSSR count). The van der Waals surface area contributed by atoms with Crippen molar-refractivity contribution in [3.63, 3.8) is 0 Å². The number of benzene rings is 1. The van der Waals surface area contributed by atoms with Gasteiger partial charge in [-0.1, -0.05) is 37.3 Å². The normalized spacial score (nSPS) is 13.7. The number of rotatable bonds is 6. The first kappa shape index (κ1) is 15.3. The Morgan fingerprint density at radius 1 is 1.33 bits per heavy atom. The summed E-state index contributed by atoms with van der Waals surface area (Å²) in [7, 11) is 1.89. The minimum absolute atomic E-state index is 0.0199. The maximum atomic E-state index is 12.2. The van der Waals surface area contributed by atoms with Crippen molar-refractivity contribution in [2.24, 2.45) is 18.7 Å². The average Bonchev–Trinajstić information content (AvgIpc) is 2.92. The van der Waals surface area contributed by atoms with Crippen LogP contribution in [0, 0.1) is 5.92 Å². The Labute approximate surface area is 125 Å². The van der Waals surface area contributed by atoms with E-state index in [9.17, 15) is 4.79 Å². The lowest BCUT2D eigenvalue weighted by molar-refractivity contribution is -0.125. The number of amides is 1. The second-order valence-corrected chi connectivity index (χ2v) is 5.21. The number of nitrogens with zero attached hydrogens (tertiary/aromatic N) is 2. The van der Waals surface area contributed by atoms with Crippen LogP contribution < -0.4 is 11.1 Å². The molecule has 2 aromatic rings. The molecule has 1 heterocycles. The van der Waals surface area contributed by atoms with Crippen molar-refractivity contribution in [3.05, 3.63) is 53.9 Å². The summed E-state index contributed by atoms with van der Waals surface area (Å²) in [5.74, 6) is -0.285. The standard InChI is InChI=1S/C16H22N4O/c1-12(15(17)13-6-4-3-5-7-13)16(21)18-10-8-14-9-11-19-20(14)2/h3-7,9,11-12,15H,8,10,17H2,1-2H3,(H,18,21). The van der Waals surface area contributed by atoms with Crippen molar-refractivity contribution < 1.29 is 4.79 Å². The third-order valence-corrected chi connectivity index (χ3v) is 3.74. The van der Waals surface area contributed by atoms with Crippen LogP contribution in [0.2, 0.25) is 0 Å². The van der Waals surface area contributed by atoms with Gasteiger partial charge in [0.25, 0.3) is 0 Å². The van der Waals surface area contributed by atoms with Crippen LogP contribution in [0.3, 0.4) is 0 Å². The number of nitrogens with one attached hydrogen (secondary N) is 1. The molecule has 2 unspecified atom stereocenters. The summed E-state index contributed by atoms with van der Waals surface area (Å²) in [5, 5.41) is 7.04. The number of hydrogen-bond donors (Lipinski definition) is 2. The summed E-state index contributed by atoms with van der Waals surface area (Å²) in [6.07, 6.45) is 2.51. The van der Waals surface area contributed by atoms with Crippen molar-refractivity contribution in [3.8, 4) is 0 Å². The first-order chi connectivity index (χ1) is 10.1. The molecule has 0 bridgehead atoms. The molecule has 5 heteroatoms. The van der Waals surface area contributed by atoms with Gasteiger partial charge >= 0.3 is 0 Å². The molecule has 0 saturated heterocycles. The highest BCUT2D eigenvalue weighted by Crippen LogP contribution is 2.18. The highest BCUT2D eigenvalue weighted by atomic mass is 16.1. The Hall–Kier alpha value is -2.14. The summed E-state index contributed by atoms with van der Waals surface area (Å²) in [6, 6.07) is 11.4. The maximum Gasteiger partial charge on any atom is 0.224 e. The maximum absolute atomic E-state index is 12.2. The van der Waals surface area contributed by atoms with Gasteiger partial charge in [0.2, 0.25) is 5.91 Å². The molecule has 0 spiro atoms. The van der Waals surface area contributed by atoms with E-state index < -0.39 is 0 Å². The molecule has 1 aromatic carbocycles. The fourth-order valence-electron chi connectivity index (χ4n) is 2.25. The minimum Gasteiger partial charge on any atom is -0.355 e. The van der Waals surface area contributed by atoms with Gasteiger partial charge in [-0.05, 0) is 11.6 Å². The predicted molar refractivity (Wildman–Crippen MR) is 82.5 cm³/mol. The van der Waals surface area contributed by atoms with Crippen LogP contribution in [0.1, 0.15) is 24.2 Å². The molecule has 5 nitrogen and oxygen atoms in total. The third-order valence-electron chi connectivity index (χ3n) is 3.74. The molecular formula is C16H22N4O. The Morgan fingerprint density at radius 2 is 2.05 bits per heavy atom. The lowest BCUT2D eigenvalue weighted by Gasteiger charge is -2.19. The number of aryl methyl sites for hydroxylation is 1. The Kier molecular flexibility index (Phi) is 5.11. The number of hydrogen-bond acceptors (Lipinski definition) is 3. The molecule has 0 fully saturated rings.